The van der Waals surface area contributed by atoms with Gasteiger partial charge in [-0.1, -0.05) is 6.07 Å². The normalized spacial score (nSPS) is 20.7. The van der Waals surface area contributed by atoms with Gasteiger partial charge in [-0.05, 0) is 18.9 Å². The molecule has 0 spiro atoms. The first-order valence-corrected chi connectivity index (χ1v) is 7.69. The van der Waals surface area contributed by atoms with E-state index in [1.165, 1.54) is 12.1 Å². The highest BCUT2D eigenvalue weighted by Crippen LogP contribution is 2.30. The van der Waals surface area contributed by atoms with Crippen molar-refractivity contribution < 1.29 is 18.3 Å². The Hall–Kier alpha value is -1.24. The van der Waals surface area contributed by atoms with Crippen molar-refractivity contribution in [1.29, 1.82) is 0 Å². The largest absolute Gasteiger partial charge is 0.375 e. The molecule has 1 aromatic rings. The zero-order valence-corrected chi connectivity index (χ0v) is 13.6. The van der Waals surface area contributed by atoms with Gasteiger partial charge in [0.25, 0.3) is 0 Å². The van der Waals surface area contributed by atoms with Crippen LogP contribution in [0.2, 0.25) is 0 Å². The minimum Gasteiger partial charge on any atom is -0.375 e. The summed E-state index contributed by atoms with van der Waals surface area (Å²) in [7, 11) is 0. The van der Waals surface area contributed by atoms with Crippen LogP contribution in [-0.2, 0) is 16.1 Å². The number of nitrogens with one attached hydrogen (secondary N) is 1. The number of halogens is 3. The molecule has 128 valence electrons. The number of nitrogens with zero attached hydrogens (tertiary/aromatic N) is 1. The standard InChI is InChI=1S/C16H20F2N2O2.ClH/c17-12-2-1-11(15(18)7-12)10-20(13-3-4-13)16(21)8-14-9-19-5-6-22-14;/h1-2,7,13-14,19H,3-6,8-10H2;1H. The van der Waals surface area contributed by atoms with Crippen LogP contribution >= 0.6 is 12.4 Å². The lowest BCUT2D eigenvalue weighted by atomic mass is 10.1. The molecule has 4 nitrogen and oxygen atoms in total. The van der Waals surface area contributed by atoms with Crippen LogP contribution in [0.25, 0.3) is 0 Å². The van der Waals surface area contributed by atoms with Crippen LogP contribution in [0.1, 0.15) is 24.8 Å². The summed E-state index contributed by atoms with van der Waals surface area (Å²) in [6.45, 7) is 2.26. The molecule has 3 rings (SSSR count). The minimum atomic E-state index is -0.604. The summed E-state index contributed by atoms with van der Waals surface area (Å²) in [6, 6.07) is 3.67. The minimum absolute atomic E-state index is 0. The average Bonchev–Trinajstić information content (AvgIpc) is 3.32. The summed E-state index contributed by atoms with van der Waals surface area (Å²) in [5.41, 5.74) is 0.351. The molecule has 1 heterocycles. The van der Waals surface area contributed by atoms with Crippen molar-refractivity contribution in [3.05, 3.63) is 35.4 Å². The molecule has 1 N–H and O–H groups in total. The van der Waals surface area contributed by atoms with E-state index < -0.39 is 11.6 Å². The summed E-state index contributed by atoms with van der Waals surface area (Å²) in [5, 5.41) is 3.19. The van der Waals surface area contributed by atoms with Crippen molar-refractivity contribution in [2.24, 2.45) is 0 Å². The first-order valence-electron chi connectivity index (χ1n) is 7.69. The maximum absolute atomic E-state index is 13.8. The molecule has 0 bridgehead atoms. The van der Waals surface area contributed by atoms with Gasteiger partial charge in [-0.3, -0.25) is 4.79 Å². The van der Waals surface area contributed by atoms with Crippen LogP contribution in [0.5, 0.6) is 0 Å². The second kappa shape index (κ2) is 8.04. The van der Waals surface area contributed by atoms with Crippen molar-refractivity contribution in [3.63, 3.8) is 0 Å². The predicted molar refractivity (Wildman–Crippen MR) is 84.4 cm³/mol. The summed E-state index contributed by atoms with van der Waals surface area (Å²) in [6.07, 6.45) is 2.06. The summed E-state index contributed by atoms with van der Waals surface area (Å²) >= 11 is 0. The lowest BCUT2D eigenvalue weighted by Crippen LogP contribution is -2.43. The Morgan fingerprint density at radius 1 is 1.35 bits per heavy atom. The van der Waals surface area contributed by atoms with Crippen molar-refractivity contribution >= 4 is 18.3 Å². The molecule has 1 aliphatic heterocycles. The van der Waals surface area contributed by atoms with E-state index in [1.54, 1.807) is 4.90 Å². The topological polar surface area (TPSA) is 41.6 Å². The van der Waals surface area contributed by atoms with Gasteiger partial charge in [0.2, 0.25) is 5.91 Å². The van der Waals surface area contributed by atoms with E-state index in [9.17, 15) is 13.6 Å². The molecule has 1 aliphatic carbocycles. The first-order chi connectivity index (χ1) is 10.6. The molecule has 2 fully saturated rings. The van der Waals surface area contributed by atoms with Gasteiger partial charge in [0.15, 0.2) is 0 Å². The van der Waals surface area contributed by atoms with Gasteiger partial charge in [0, 0.05) is 37.3 Å². The smallest absolute Gasteiger partial charge is 0.225 e. The van der Waals surface area contributed by atoms with E-state index in [-0.39, 0.29) is 37.0 Å². The third kappa shape index (κ3) is 4.86. The Kier molecular flexibility index (Phi) is 6.33. The van der Waals surface area contributed by atoms with E-state index in [1.807, 2.05) is 0 Å². The number of benzene rings is 1. The van der Waals surface area contributed by atoms with Gasteiger partial charge in [0.1, 0.15) is 11.6 Å². The van der Waals surface area contributed by atoms with E-state index in [2.05, 4.69) is 5.32 Å². The number of ether oxygens (including phenoxy) is 1. The number of hydrogen-bond donors (Lipinski definition) is 1. The zero-order chi connectivity index (χ0) is 15.5. The van der Waals surface area contributed by atoms with E-state index in [0.29, 0.717) is 25.1 Å². The van der Waals surface area contributed by atoms with Gasteiger partial charge in [-0.25, -0.2) is 8.78 Å². The van der Waals surface area contributed by atoms with Gasteiger partial charge in [-0.15, -0.1) is 12.4 Å². The molecular formula is C16H21ClF2N2O2. The van der Waals surface area contributed by atoms with E-state index in [0.717, 1.165) is 25.5 Å². The quantitative estimate of drug-likeness (QED) is 0.889. The molecule has 1 saturated heterocycles. The fourth-order valence-corrected chi connectivity index (χ4v) is 2.70. The predicted octanol–water partition coefficient (Wildman–Crippen LogP) is 2.26. The highest BCUT2D eigenvalue weighted by Gasteiger charge is 2.34. The first kappa shape index (κ1) is 18.1. The molecule has 0 radical (unpaired) electrons. The number of hydrogen-bond acceptors (Lipinski definition) is 3. The number of carbonyl (C=O) groups excluding carboxylic acids is 1. The fourth-order valence-electron chi connectivity index (χ4n) is 2.70. The summed E-state index contributed by atoms with van der Waals surface area (Å²) < 4.78 is 32.3. The van der Waals surface area contributed by atoms with E-state index in [4.69, 9.17) is 4.74 Å². The average molecular weight is 347 g/mol. The summed E-state index contributed by atoms with van der Waals surface area (Å²) in [4.78, 5) is 14.2. The molecule has 1 atom stereocenters. The van der Waals surface area contributed by atoms with Crippen molar-refractivity contribution in [2.45, 2.75) is 38.0 Å². The van der Waals surface area contributed by atoms with Crippen LogP contribution in [0.3, 0.4) is 0 Å². The van der Waals surface area contributed by atoms with Gasteiger partial charge >= 0.3 is 0 Å². The molecule has 2 aliphatic rings. The van der Waals surface area contributed by atoms with Crippen LogP contribution in [-0.4, -0.2) is 42.6 Å². The van der Waals surface area contributed by atoms with Crippen molar-refractivity contribution in [2.75, 3.05) is 19.7 Å². The summed E-state index contributed by atoms with van der Waals surface area (Å²) in [5.74, 6) is -1.24. The van der Waals surface area contributed by atoms with Crippen molar-refractivity contribution in [3.8, 4) is 0 Å². The zero-order valence-electron chi connectivity index (χ0n) is 12.8. The Bertz CT molecular complexity index is 549. The van der Waals surface area contributed by atoms with Crippen molar-refractivity contribution in [1.82, 2.24) is 10.2 Å². The molecule has 23 heavy (non-hydrogen) atoms. The molecule has 7 heteroatoms. The maximum Gasteiger partial charge on any atom is 0.225 e. The monoisotopic (exact) mass is 346 g/mol. The number of amides is 1. The lowest BCUT2D eigenvalue weighted by Gasteiger charge is -2.28. The van der Waals surface area contributed by atoms with Crippen LogP contribution in [0.4, 0.5) is 8.78 Å². The number of rotatable bonds is 5. The van der Waals surface area contributed by atoms with Crippen LogP contribution < -0.4 is 5.32 Å². The Balaban J connectivity index is 0.00000192. The Labute approximate surface area is 140 Å². The highest BCUT2D eigenvalue weighted by molar-refractivity contribution is 5.85. The molecule has 1 saturated carbocycles. The molecule has 1 unspecified atom stereocenters. The third-order valence-electron chi connectivity index (χ3n) is 4.07. The Morgan fingerprint density at radius 2 is 2.13 bits per heavy atom. The molecule has 1 aromatic carbocycles. The van der Waals surface area contributed by atoms with E-state index >= 15 is 0 Å². The Morgan fingerprint density at radius 3 is 2.74 bits per heavy atom. The van der Waals surface area contributed by atoms with Crippen LogP contribution in [0, 0.1) is 11.6 Å². The van der Waals surface area contributed by atoms with Gasteiger partial charge < -0.3 is 15.0 Å². The number of carbonyl (C=O) groups is 1. The SMILES string of the molecule is Cl.O=C(CC1CNCCO1)N(Cc1ccc(F)cc1F)C1CC1. The lowest BCUT2D eigenvalue weighted by molar-refractivity contribution is -0.136. The fraction of sp³-hybridized carbons (Fsp3) is 0.562. The maximum atomic E-state index is 13.8. The molecule has 1 amide bonds. The number of morpholine rings is 1. The van der Waals surface area contributed by atoms with Crippen LogP contribution in [0.15, 0.2) is 18.2 Å². The third-order valence-corrected chi connectivity index (χ3v) is 4.07. The second-order valence-corrected chi connectivity index (χ2v) is 5.89. The van der Waals surface area contributed by atoms with Gasteiger partial charge in [0.05, 0.1) is 19.1 Å². The second-order valence-electron chi connectivity index (χ2n) is 5.89. The molecular weight excluding hydrogens is 326 g/mol. The molecule has 0 aromatic heterocycles. The highest BCUT2D eigenvalue weighted by atomic mass is 35.5. The van der Waals surface area contributed by atoms with Gasteiger partial charge in [-0.2, -0.15) is 0 Å².